The summed E-state index contributed by atoms with van der Waals surface area (Å²) in [5, 5.41) is 11.2. The molecule has 1 aromatic heterocycles. The number of nitro groups is 1. The average Bonchev–Trinajstić information content (AvgIpc) is 2.90. The molecule has 0 spiro atoms. The van der Waals surface area contributed by atoms with Crippen LogP contribution in [0.2, 0.25) is 0 Å². The zero-order chi connectivity index (χ0) is 19.1. The van der Waals surface area contributed by atoms with E-state index in [1.165, 1.54) is 23.5 Å². The molecule has 0 saturated carbocycles. The van der Waals surface area contributed by atoms with Crippen molar-refractivity contribution >= 4 is 40.1 Å². The minimum absolute atomic E-state index is 0.0599. The Bertz CT molecular complexity index is 953. The Hall–Kier alpha value is -2.93. The van der Waals surface area contributed by atoms with Crippen molar-refractivity contribution in [1.29, 1.82) is 0 Å². The van der Waals surface area contributed by atoms with E-state index >= 15 is 0 Å². The first kappa shape index (κ1) is 17.9. The van der Waals surface area contributed by atoms with Crippen molar-refractivity contribution in [3.05, 3.63) is 67.6 Å². The van der Waals surface area contributed by atoms with Crippen molar-refractivity contribution in [2.75, 3.05) is 5.73 Å². The van der Waals surface area contributed by atoms with Gasteiger partial charge in [-0.1, -0.05) is 26.0 Å². The van der Waals surface area contributed by atoms with Crippen LogP contribution in [0, 0.1) is 10.1 Å². The van der Waals surface area contributed by atoms with E-state index < -0.39 is 10.8 Å². The SMILES string of the molecule is CC1(C)CC(/C=C/c2ccc([N+](=O)[O-])cc2)=Cc2c1sc(N)c2C(N)=O. The van der Waals surface area contributed by atoms with Gasteiger partial charge in [0.15, 0.2) is 0 Å². The minimum Gasteiger partial charge on any atom is -0.390 e. The highest BCUT2D eigenvalue weighted by Gasteiger charge is 2.33. The second kappa shape index (κ2) is 6.42. The van der Waals surface area contributed by atoms with Crippen LogP contribution in [-0.2, 0) is 5.41 Å². The van der Waals surface area contributed by atoms with E-state index in [0.29, 0.717) is 10.6 Å². The molecule has 0 atom stereocenters. The number of amides is 1. The largest absolute Gasteiger partial charge is 0.390 e. The summed E-state index contributed by atoms with van der Waals surface area (Å²) in [6, 6.07) is 6.35. The number of hydrogen-bond donors (Lipinski definition) is 2. The number of nitrogens with zero attached hydrogens (tertiary/aromatic N) is 1. The van der Waals surface area contributed by atoms with Crippen molar-refractivity contribution in [1.82, 2.24) is 0 Å². The number of carbonyl (C=O) groups excluding carboxylic acids is 1. The Kier molecular flexibility index (Phi) is 4.41. The van der Waals surface area contributed by atoms with Crippen molar-refractivity contribution in [3.63, 3.8) is 0 Å². The van der Waals surface area contributed by atoms with E-state index in [0.717, 1.165) is 28.0 Å². The van der Waals surface area contributed by atoms with Gasteiger partial charge in [0.2, 0.25) is 0 Å². The molecule has 134 valence electrons. The van der Waals surface area contributed by atoms with Gasteiger partial charge in [-0.15, -0.1) is 11.3 Å². The fourth-order valence-corrected chi connectivity index (χ4v) is 4.35. The predicted octanol–water partition coefficient (Wildman–Crippen LogP) is 4.12. The van der Waals surface area contributed by atoms with Gasteiger partial charge in [0.25, 0.3) is 11.6 Å². The van der Waals surface area contributed by atoms with Gasteiger partial charge in [0, 0.05) is 28.0 Å². The number of nitro benzene ring substituents is 1. The van der Waals surface area contributed by atoms with Crippen LogP contribution in [0.3, 0.4) is 0 Å². The third-order valence-corrected chi connectivity index (χ3v) is 5.80. The van der Waals surface area contributed by atoms with Crippen molar-refractivity contribution in [2.45, 2.75) is 25.7 Å². The highest BCUT2D eigenvalue weighted by Crippen LogP contribution is 2.46. The van der Waals surface area contributed by atoms with Crippen molar-refractivity contribution < 1.29 is 9.72 Å². The number of benzene rings is 1. The van der Waals surface area contributed by atoms with Crippen LogP contribution in [0.25, 0.3) is 12.2 Å². The lowest BCUT2D eigenvalue weighted by Crippen LogP contribution is -2.22. The molecule has 1 aliphatic rings. The summed E-state index contributed by atoms with van der Waals surface area (Å²) in [5.74, 6) is -0.521. The standard InChI is InChI=1S/C19H19N3O3S/c1-19(2)10-12(4-3-11-5-7-13(8-6-11)22(24)25)9-14-15(17(20)23)18(21)26-16(14)19/h3-9H,10,21H2,1-2H3,(H2,20,23)/b4-3+. The third kappa shape index (κ3) is 3.25. The van der Waals surface area contributed by atoms with Gasteiger partial charge in [-0.3, -0.25) is 14.9 Å². The van der Waals surface area contributed by atoms with Crippen LogP contribution in [0.4, 0.5) is 10.7 Å². The number of nitrogen functional groups attached to an aromatic ring is 1. The van der Waals surface area contributed by atoms with E-state index in [9.17, 15) is 14.9 Å². The first-order valence-corrected chi connectivity index (χ1v) is 8.86. The normalized spacial score (nSPS) is 15.5. The molecule has 0 saturated heterocycles. The number of anilines is 1. The Morgan fingerprint density at radius 3 is 2.50 bits per heavy atom. The summed E-state index contributed by atoms with van der Waals surface area (Å²) in [6.45, 7) is 4.22. The molecule has 1 aliphatic carbocycles. The number of nitrogens with two attached hydrogens (primary N) is 2. The van der Waals surface area contributed by atoms with Crippen LogP contribution < -0.4 is 11.5 Å². The third-order valence-electron chi connectivity index (χ3n) is 4.40. The average molecular weight is 369 g/mol. The first-order valence-electron chi connectivity index (χ1n) is 8.04. The second-order valence-corrected chi connectivity index (χ2v) is 7.96. The van der Waals surface area contributed by atoms with Gasteiger partial charge in [0.1, 0.15) is 0 Å². The van der Waals surface area contributed by atoms with Crippen LogP contribution in [-0.4, -0.2) is 10.8 Å². The van der Waals surface area contributed by atoms with Crippen LogP contribution in [0.15, 0.2) is 35.9 Å². The Labute approximate surface area is 155 Å². The summed E-state index contributed by atoms with van der Waals surface area (Å²) in [4.78, 5) is 23.2. The summed E-state index contributed by atoms with van der Waals surface area (Å²) in [7, 11) is 0. The van der Waals surface area contributed by atoms with Gasteiger partial charge < -0.3 is 11.5 Å². The molecule has 1 aromatic carbocycles. The second-order valence-electron chi connectivity index (χ2n) is 6.91. The van der Waals surface area contributed by atoms with Gasteiger partial charge in [-0.2, -0.15) is 0 Å². The van der Waals surface area contributed by atoms with E-state index in [1.54, 1.807) is 12.1 Å². The van der Waals surface area contributed by atoms with E-state index in [2.05, 4.69) is 13.8 Å². The summed E-state index contributed by atoms with van der Waals surface area (Å²) in [6.07, 6.45) is 6.61. The first-order chi connectivity index (χ1) is 12.2. The summed E-state index contributed by atoms with van der Waals surface area (Å²) < 4.78 is 0. The Morgan fingerprint density at radius 2 is 1.92 bits per heavy atom. The number of allylic oxidation sites excluding steroid dienone is 2. The number of non-ortho nitro benzene ring substituents is 1. The maximum atomic E-state index is 11.8. The van der Waals surface area contributed by atoms with Crippen molar-refractivity contribution in [2.24, 2.45) is 5.73 Å². The fourth-order valence-electron chi connectivity index (χ4n) is 3.20. The molecule has 26 heavy (non-hydrogen) atoms. The Balaban J connectivity index is 1.96. The number of thiophene rings is 1. The summed E-state index contributed by atoms with van der Waals surface area (Å²) in [5.41, 5.74) is 14.5. The van der Waals surface area contributed by atoms with Gasteiger partial charge in [0.05, 0.1) is 15.5 Å². The van der Waals surface area contributed by atoms with Gasteiger partial charge >= 0.3 is 0 Å². The van der Waals surface area contributed by atoms with Crippen LogP contribution >= 0.6 is 11.3 Å². The highest BCUT2D eigenvalue weighted by atomic mass is 32.1. The molecule has 0 radical (unpaired) electrons. The lowest BCUT2D eigenvalue weighted by atomic mass is 9.77. The van der Waals surface area contributed by atoms with E-state index in [4.69, 9.17) is 11.5 Å². The van der Waals surface area contributed by atoms with Gasteiger partial charge in [-0.25, -0.2) is 0 Å². The minimum atomic E-state index is -0.521. The van der Waals surface area contributed by atoms with E-state index in [1.807, 2.05) is 18.2 Å². The lowest BCUT2D eigenvalue weighted by Gasteiger charge is -2.29. The predicted molar refractivity (Wildman–Crippen MR) is 105 cm³/mol. The zero-order valence-electron chi connectivity index (χ0n) is 14.5. The monoisotopic (exact) mass is 369 g/mol. The number of carbonyl (C=O) groups is 1. The molecule has 1 amide bonds. The van der Waals surface area contributed by atoms with Crippen LogP contribution in [0.5, 0.6) is 0 Å². The lowest BCUT2D eigenvalue weighted by molar-refractivity contribution is -0.384. The molecule has 1 heterocycles. The maximum absolute atomic E-state index is 11.8. The molecule has 0 unspecified atom stereocenters. The zero-order valence-corrected chi connectivity index (χ0v) is 15.3. The number of fused-ring (bicyclic) bond motifs is 1. The fraction of sp³-hybridized carbons (Fsp3) is 0.211. The molecule has 4 N–H and O–H groups in total. The smallest absolute Gasteiger partial charge is 0.269 e. The quantitative estimate of drug-likeness (QED) is 0.623. The molecular formula is C19H19N3O3S. The highest BCUT2D eigenvalue weighted by molar-refractivity contribution is 7.16. The molecule has 7 heteroatoms. The number of primary amides is 1. The topological polar surface area (TPSA) is 112 Å². The Morgan fingerprint density at radius 1 is 1.27 bits per heavy atom. The number of rotatable bonds is 4. The molecule has 3 rings (SSSR count). The van der Waals surface area contributed by atoms with E-state index in [-0.39, 0.29) is 11.1 Å². The summed E-state index contributed by atoms with van der Waals surface area (Å²) >= 11 is 1.42. The number of hydrogen-bond acceptors (Lipinski definition) is 5. The molecule has 0 aliphatic heterocycles. The molecule has 2 aromatic rings. The molecule has 0 fully saturated rings. The maximum Gasteiger partial charge on any atom is 0.269 e. The van der Waals surface area contributed by atoms with Crippen LogP contribution in [0.1, 0.15) is 46.6 Å². The van der Waals surface area contributed by atoms with Crippen molar-refractivity contribution in [3.8, 4) is 0 Å². The molecule has 6 nitrogen and oxygen atoms in total. The molecular weight excluding hydrogens is 350 g/mol. The van der Waals surface area contributed by atoms with Gasteiger partial charge in [-0.05, 0) is 35.8 Å². The molecule has 0 bridgehead atoms.